The van der Waals surface area contributed by atoms with Crippen LogP contribution in [0, 0.1) is 0 Å². The summed E-state index contributed by atoms with van der Waals surface area (Å²) >= 11 is 0. The van der Waals surface area contributed by atoms with Crippen LogP contribution in [0.25, 0.3) is 0 Å². The zero-order chi connectivity index (χ0) is 13.9. The van der Waals surface area contributed by atoms with Gasteiger partial charge in [0.25, 0.3) is 0 Å². The van der Waals surface area contributed by atoms with Gasteiger partial charge in [-0.15, -0.1) is 0 Å². The summed E-state index contributed by atoms with van der Waals surface area (Å²) in [5.41, 5.74) is 0. The van der Waals surface area contributed by atoms with E-state index in [0.29, 0.717) is 0 Å². The van der Waals surface area contributed by atoms with E-state index in [-0.39, 0.29) is 0 Å². The molecular weight excluding hydrogens is 245 g/mol. The maximum Gasteiger partial charge on any atom is 0.673 e. The number of halogens is 4. The fraction of sp³-hybridized carbons (Fsp3) is 0.667. The second kappa shape index (κ2) is 10.0. The van der Waals surface area contributed by atoms with Gasteiger partial charge >= 0.3 is 7.25 Å². The molecule has 0 saturated carbocycles. The Bertz CT molecular complexity index is 266. The molecule has 0 bridgehead atoms. The smallest absolute Gasteiger partial charge is 0.418 e. The number of rotatable bonds is 7. The van der Waals surface area contributed by atoms with Crippen LogP contribution in [-0.2, 0) is 6.54 Å². The molecule has 1 rings (SSSR count). The molecule has 1 nitrogen and oxygen atoms in total. The normalized spacial score (nSPS) is 10.9. The van der Waals surface area contributed by atoms with Gasteiger partial charge in [-0.2, -0.15) is 0 Å². The Labute approximate surface area is 106 Å². The number of nitrogens with zero attached hydrogens (tertiary/aromatic N) is 1. The van der Waals surface area contributed by atoms with E-state index in [9.17, 15) is 17.3 Å². The highest BCUT2D eigenvalue weighted by molar-refractivity contribution is 6.50. The van der Waals surface area contributed by atoms with Gasteiger partial charge in [0.1, 0.15) is 0 Å². The number of aromatic nitrogens is 1. The predicted molar refractivity (Wildman–Crippen MR) is 68.0 cm³/mol. The zero-order valence-corrected chi connectivity index (χ0v) is 10.8. The van der Waals surface area contributed by atoms with Gasteiger partial charge in [-0.05, 0) is 18.6 Å². The molecule has 106 valence electrons. The Morgan fingerprint density at radius 1 is 0.833 bits per heavy atom. The minimum absolute atomic E-state index is 1.19. The van der Waals surface area contributed by atoms with E-state index >= 15 is 0 Å². The Morgan fingerprint density at radius 2 is 1.28 bits per heavy atom. The molecule has 0 aliphatic rings. The second-order valence-electron chi connectivity index (χ2n) is 4.18. The third-order valence-corrected chi connectivity index (χ3v) is 2.44. The summed E-state index contributed by atoms with van der Waals surface area (Å²) < 4.78 is 41.3. The van der Waals surface area contributed by atoms with E-state index in [2.05, 4.69) is 36.0 Å². The van der Waals surface area contributed by atoms with Crippen molar-refractivity contribution in [2.24, 2.45) is 0 Å². The molecular formula is C12H21BF4N-. The van der Waals surface area contributed by atoms with Crippen molar-refractivity contribution in [3.8, 4) is 0 Å². The Balaban J connectivity index is 0.000000494. The molecule has 0 aromatic carbocycles. The molecule has 6 heteroatoms. The molecule has 1 aromatic rings. The lowest BCUT2D eigenvalue weighted by atomic mass is 10.1. The van der Waals surface area contributed by atoms with Gasteiger partial charge in [0.2, 0.25) is 0 Å². The maximum absolute atomic E-state index is 9.75. The van der Waals surface area contributed by atoms with Crippen molar-refractivity contribution in [1.29, 1.82) is 0 Å². The summed E-state index contributed by atoms with van der Waals surface area (Å²) in [6, 6.07) is 4.19. The molecule has 0 spiro atoms. The average Bonchev–Trinajstić information content (AvgIpc) is 2.73. The van der Waals surface area contributed by atoms with Crippen LogP contribution in [0.2, 0.25) is 0 Å². The summed E-state index contributed by atoms with van der Waals surface area (Å²) in [4.78, 5) is 0. The summed E-state index contributed by atoms with van der Waals surface area (Å²) in [5, 5.41) is 0. The molecule has 18 heavy (non-hydrogen) atoms. The molecule has 0 N–H and O–H groups in total. The molecule has 0 atom stereocenters. The Kier molecular flexibility index (Phi) is 9.51. The van der Waals surface area contributed by atoms with Crippen molar-refractivity contribution < 1.29 is 17.3 Å². The van der Waals surface area contributed by atoms with Crippen molar-refractivity contribution in [2.45, 2.75) is 52.0 Å². The average molecular weight is 266 g/mol. The summed E-state index contributed by atoms with van der Waals surface area (Å²) in [6.07, 6.45) is 12.6. The molecule has 0 unspecified atom stereocenters. The highest BCUT2D eigenvalue weighted by Crippen LogP contribution is 2.07. The quantitative estimate of drug-likeness (QED) is 0.365. The van der Waals surface area contributed by atoms with Crippen LogP contribution in [0.15, 0.2) is 24.5 Å². The van der Waals surface area contributed by atoms with Crippen molar-refractivity contribution >= 4 is 7.25 Å². The number of aryl methyl sites for hydroxylation is 1. The molecule has 0 aliphatic carbocycles. The minimum atomic E-state index is -6.00. The second-order valence-corrected chi connectivity index (χ2v) is 4.18. The van der Waals surface area contributed by atoms with Crippen LogP contribution in [0.5, 0.6) is 0 Å². The highest BCUT2D eigenvalue weighted by Gasteiger charge is 2.20. The van der Waals surface area contributed by atoms with E-state index in [0.717, 1.165) is 0 Å². The van der Waals surface area contributed by atoms with Crippen molar-refractivity contribution in [3.05, 3.63) is 24.5 Å². The summed E-state index contributed by atoms with van der Waals surface area (Å²) in [5.74, 6) is 0. The molecule has 0 fully saturated rings. The van der Waals surface area contributed by atoms with Crippen LogP contribution >= 0.6 is 0 Å². The van der Waals surface area contributed by atoms with Crippen molar-refractivity contribution in [2.75, 3.05) is 0 Å². The first-order valence-corrected chi connectivity index (χ1v) is 6.41. The number of unbranched alkanes of at least 4 members (excludes halogenated alkanes) is 5. The lowest BCUT2D eigenvalue weighted by molar-refractivity contribution is 0.368. The molecule has 0 radical (unpaired) electrons. The van der Waals surface area contributed by atoms with Gasteiger partial charge in [0, 0.05) is 18.9 Å². The molecule has 0 amide bonds. The lowest BCUT2D eigenvalue weighted by Crippen LogP contribution is -2.02. The van der Waals surface area contributed by atoms with E-state index in [1.165, 1.54) is 45.1 Å². The maximum atomic E-state index is 9.75. The predicted octanol–water partition coefficient (Wildman–Crippen LogP) is 5.15. The van der Waals surface area contributed by atoms with E-state index in [1.807, 2.05) is 0 Å². The minimum Gasteiger partial charge on any atom is -0.418 e. The fourth-order valence-corrected chi connectivity index (χ4v) is 1.59. The van der Waals surface area contributed by atoms with Gasteiger partial charge in [-0.25, -0.2) is 0 Å². The third kappa shape index (κ3) is 15.1. The first kappa shape index (κ1) is 17.1. The molecule has 0 saturated heterocycles. The molecule has 0 aliphatic heterocycles. The Morgan fingerprint density at radius 3 is 1.78 bits per heavy atom. The molecule has 1 aromatic heterocycles. The topological polar surface area (TPSA) is 4.93 Å². The van der Waals surface area contributed by atoms with Crippen LogP contribution in [-0.4, -0.2) is 11.8 Å². The van der Waals surface area contributed by atoms with Gasteiger partial charge in [0.05, 0.1) is 0 Å². The van der Waals surface area contributed by atoms with E-state index < -0.39 is 7.25 Å². The van der Waals surface area contributed by atoms with Crippen LogP contribution < -0.4 is 0 Å². The van der Waals surface area contributed by atoms with Gasteiger partial charge in [0.15, 0.2) is 0 Å². The molecule has 1 heterocycles. The summed E-state index contributed by atoms with van der Waals surface area (Å²) in [7, 11) is -6.00. The third-order valence-electron chi connectivity index (χ3n) is 2.44. The largest absolute Gasteiger partial charge is 0.673 e. The standard InChI is InChI=1S/C12H21N.BF4/c1-2-3-4-5-6-7-10-13-11-8-9-12-13;2-1(3,4)5/h8-9,11-12H,2-7,10H2,1H3;/q;-1. The highest BCUT2D eigenvalue weighted by atomic mass is 19.5. The van der Waals surface area contributed by atoms with Gasteiger partial charge < -0.3 is 21.8 Å². The van der Waals surface area contributed by atoms with Gasteiger partial charge in [-0.1, -0.05) is 39.0 Å². The monoisotopic (exact) mass is 266 g/mol. The Hall–Kier alpha value is -0.935. The van der Waals surface area contributed by atoms with Crippen molar-refractivity contribution in [1.82, 2.24) is 4.57 Å². The zero-order valence-electron chi connectivity index (χ0n) is 10.8. The van der Waals surface area contributed by atoms with E-state index in [4.69, 9.17) is 0 Å². The number of hydrogen-bond donors (Lipinski definition) is 0. The van der Waals surface area contributed by atoms with Gasteiger partial charge in [-0.3, -0.25) is 0 Å². The van der Waals surface area contributed by atoms with Crippen molar-refractivity contribution in [3.63, 3.8) is 0 Å². The van der Waals surface area contributed by atoms with Crippen LogP contribution in [0.3, 0.4) is 0 Å². The lowest BCUT2D eigenvalue weighted by Gasteiger charge is -2.02. The summed E-state index contributed by atoms with van der Waals surface area (Å²) in [6.45, 7) is 3.46. The SMILES string of the molecule is CCCCCCCCn1cccc1.F[B-](F)(F)F. The first-order valence-electron chi connectivity index (χ1n) is 6.41. The van der Waals surface area contributed by atoms with Crippen LogP contribution in [0.4, 0.5) is 17.3 Å². The fourth-order valence-electron chi connectivity index (χ4n) is 1.59. The number of hydrogen-bond acceptors (Lipinski definition) is 0. The van der Waals surface area contributed by atoms with E-state index in [1.54, 1.807) is 0 Å². The van der Waals surface area contributed by atoms with Crippen LogP contribution in [0.1, 0.15) is 45.4 Å². The first-order chi connectivity index (χ1) is 8.43.